The van der Waals surface area contributed by atoms with E-state index < -0.39 is 0 Å². The third-order valence-electron chi connectivity index (χ3n) is 2.36. The zero-order chi connectivity index (χ0) is 12.3. The molecular weight excluding hydrogens is 218 g/mol. The SMILES string of the molecule is COc1cc(C#N)nn1-c1ccc(CO)cc1. The summed E-state index contributed by atoms with van der Waals surface area (Å²) < 4.78 is 6.68. The number of ether oxygens (including phenoxy) is 1. The van der Waals surface area contributed by atoms with Crippen LogP contribution < -0.4 is 4.74 Å². The van der Waals surface area contributed by atoms with E-state index in [1.54, 1.807) is 22.9 Å². The summed E-state index contributed by atoms with van der Waals surface area (Å²) in [7, 11) is 1.52. The lowest BCUT2D eigenvalue weighted by Crippen LogP contribution is -2.00. The lowest BCUT2D eigenvalue weighted by molar-refractivity contribution is 0.282. The summed E-state index contributed by atoms with van der Waals surface area (Å²) >= 11 is 0. The van der Waals surface area contributed by atoms with Crippen molar-refractivity contribution in [1.82, 2.24) is 9.78 Å². The van der Waals surface area contributed by atoms with E-state index >= 15 is 0 Å². The second-order valence-electron chi connectivity index (χ2n) is 3.42. The number of aromatic nitrogens is 2. The fraction of sp³-hybridized carbons (Fsp3) is 0.167. The summed E-state index contributed by atoms with van der Waals surface area (Å²) in [5.74, 6) is 0.498. The summed E-state index contributed by atoms with van der Waals surface area (Å²) in [5, 5.41) is 21.8. The molecular formula is C12H11N3O2. The molecule has 0 bridgehead atoms. The van der Waals surface area contributed by atoms with Gasteiger partial charge in [0, 0.05) is 6.07 Å². The lowest BCUT2D eigenvalue weighted by atomic mass is 10.2. The van der Waals surface area contributed by atoms with Crippen LogP contribution in [0.25, 0.3) is 5.69 Å². The molecule has 0 fully saturated rings. The van der Waals surface area contributed by atoms with E-state index in [0.717, 1.165) is 11.3 Å². The largest absolute Gasteiger partial charge is 0.481 e. The van der Waals surface area contributed by atoms with Gasteiger partial charge in [-0.25, -0.2) is 0 Å². The number of rotatable bonds is 3. The van der Waals surface area contributed by atoms with Crippen LogP contribution in [0.3, 0.4) is 0 Å². The molecule has 0 saturated heterocycles. The molecule has 5 nitrogen and oxygen atoms in total. The summed E-state index contributed by atoms with van der Waals surface area (Å²) in [5.41, 5.74) is 1.90. The van der Waals surface area contributed by atoms with Gasteiger partial charge in [-0.05, 0) is 17.7 Å². The number of hydrogen-bond donors (Lipinski definition) is 1. The normalized spacial score (nSPS) is 9.94. The zero-order valence-corrected chi connectivity index (χ0v) is 9.29. The second-order valence-corrected chi connectivity index (χ2v) is 3.42. The standard InChI is InChI=1S/C12H11N3O2/c1-17-12-6-10(7-13)14-15(12)11-4-2-9(8-16)3-5-11/h2-6,16H,8H2,1H3. The Labute approximate surface area is 98.5 Å². The smallest absolute Gasteiger partial charge is 0.217 e. The molecule has 1 N–H and O–H groups in total. The molecule has 0 aliphatic rings. The van der Waals surface area contributed by atoms with Crippen molar-refractivity contribution in [2.75, 3.05) is 7.11 Å². The number of hydrogen-bond acceptors (Lipinski definition) is 4. The molecule has 1 aromatic heterocycles. The maximum absolute atomic E-state index is 8.95. The molecule has 0 radical (unpaired) electrons. The minimum atomic E-state index is -0.0000321. The number of aliphatic hydroxyl groups excluding tert-OH is 1. The first-order chi connectivity index (χ1) is 8.28. The third-order valence-corrected chi connectivity index (χ3v) is 2.36. The Balaban J connectivity index is 2.44. The fourth-order valence-corrected chi connectivity index (χ4v) is 1.49. The maximum atomic E-state index is 8.95. The highest BCUT2D eigenvalue weighted by atomic mass is 16.5. The molecule has 2 rings (SSSR count). The summed E-state index contributed by atoms with van der Waals surface area (Å²) in [4.78, 5) is 0. The van der Waals surface area contributed by atoms with Gasteiger partial charge in [-0.15, -0.1) is 0 Å². The van der Waals surface area contributed by atoms with E-state index in [1.807, 2.05) is 18.2 Å². The second kappa shape index (κ2) is 4.68. The van der Waals surface area contributed by atoms with Crippen LogP contribution in [0.15, 0.2) is 30.3 Å². The molecule has 0 saturated carbocycles. The molecule has 0 aliphatic heterocycles. The summed E-state index contributed by atoms with van der Waals surface area (Å²) in [6.07, 6.45) is 0. The first-order valence-corrected chi connectivity index (χ1v) is 5.03. The molecule has 17 heavy (non-hydrogen) atoms. The van der Waals surface area contributed by atoms with E-state index in [0.29, 0.717) is 11.6 Å². The van der Waals surface area contributed by atoms with Crippen molar-refractivity contribution in [3.8, 4) is 17.6 Å². The van der Waals surface area contributed by atoms with Crippen molar-refractivity contribution in [2.24, 2.45) is 0 Å². The number of aliphatic hydroxyl groups is 1. The Hall–Kier alpha value is -2.32. The quantitative estimate of drug-likeness (QED) is 0.859. The fourth-order valence-electron chi connectivity index (χ4n) is 1.49. The van der Waals surface area contributed by atoms with E-state index in [4.69, 9.17) is 15.1 Å². The number of benzene rings is 1. The van der Waals surface area contributed by atoms with Crippen molar-refractivity contribution >= 4 is 0 Å². The van der Waals surface area contributed by atoms with Crippen molar-refractivity contribution in [3.63, 3.8) is 0 Å². The molecule has 0 aliphatic carbocycles. The minimum absolute atomic E-state index is 0.0000321. The molecule has 86 valence electrons. The Bertz CT molecular complexity index is 552. The molecule has 1 heterocycles. The Kier molecular flexibility index (Phi) is 3.08. The third kappa shape index (κ3) is 2.12. The van der Waals surface area contributed by atoms with Gasteiger partial charge in [-0.2, -0.15) is 15.0 Å². The van der Waals surface area contributed by atoms with Gasteiger partial charge in [0.2, 0.25) is 5.88 Å². The Morgan fingerprint density at radius 1 is 1.41 bits per heavy atom. The predicted molar refractivity (Wildman–Crippen MR) is 60.8 cm³/mol. The van der Waals surface area contributed by atoms with Crippen LogP contribution in [0.5, 0.6) is 5.88 Å². The Morgan fingerprint density at radius 2 is 2.12 bits per heavy atom. The van der Waals surface area contributed by atoms with Gasteiger partial charge in [0.25, 0.3) is 0 Å². The van der Waals surface area contributed by atoms with Crippen molar-refractivity contribution < 1.29 is 9.84 Å². The van der Waals surface area contributed by atoms with Crippen LogP contribution >= 0.6 is 0 Å². The van der Waals surface area contributed by atoms with E-state index in [2.05, 4.69) is 5.10 Å². The highest BCUT2D eigenvalue weighted by Gasteiger charge is 2.09. The van der Waals surface area contributed by atoms with Crippen LogP contribution in [0, 0.1) is 11.3 Å². The van der Waals surface area contributed by atoms with E-state index in [1.165, 1.54) is 7.11 Å². The molecule has 2 aromatic rings. The summed E-state index contributed by atoms with van der Waals surface area (Å²) in [6.45, 7) is -0.0000321. The summed E-state index contributed by atoms with van der Waals surface area (Å²) in [6, 6.07) is 10.7. The average molecular weight is 229 g/mol. The minimum Gasteiger partial charge on any atom is -0.481 e. The first-order valence-electron chi connectivity index (χ1n) is 5.03. The van der Waals surface area contributed by atoms with E-state index in [-0.39, 0.29) is 6.61 Å². The number of nitrogens with zero attached hydrogens (tertiary/aromatic N) is 3. The van der Waals surface area contributed by atoms with Crippen molar-refractivity contribution in [1.29, 1.82) is 5.26 Å². The number of methoxy groups -OCH3 is 1. The molecule has 0 spiro atoms. The van der Waals surface area contributed by atoms with Crippen molar-refractivity contribution in [2.45, 2.75) is 6.61 Å². The highest BCUT2D eigenvalue weighted by molar-refractivity contribution is 5.39. The lowest BCUT2D eigenvalue weighted by Gasteiger charge is -2.06. The highest BCUT2D eigenvalue weighted by Crippen LogP contribution is 2.19. The van der Waals surface area contributed by atoms with Crippen molar-refractivity contribution in [3.05, 3.63) is 41.6 Å². The van der Waals surface area contributed by atoms with Gasteiger partial charge in [-0.1, -0.05) is 12.1 Å². The van der Waals surface area contributed by atoms with Gasteiger partial charge in [0.05, 0.1) is 19.4 Å². The van der Waals surface area contributed by atoms with Gasteiger partial charge in [0.15, 0.2) is 5.69 Å². The van der Waals surface area contributed by atoms with Gasteiger partial charge >= 0.3 is 0 Å². The molecule has 0 unspecified atom stereocenters. The monoisotopic (exact) mass is 229 g/mol. The molecule has 5 heteroatoms. The van der Waals surface area contributed by atoms with E-state index in [9.17, 15) is 0 Å². The van der Waals surface area contributed by atoms with Crippen LogP contribution in [0.4, 0.5) is 0 Å². The Morgan fingerprint density at radius 3 is 2.65 bits per heavy atom. The molecule has 1 aromatic carbocycles. The van der Waals surface area contributed by atoms with Crippen LogP contribution in [-0.4, -0.2) is 22.0 Å². The zero-order valence-electron chi connectivity index (χ0n) is 9.29. The molecule has 0 amide bonds. The topological polar surface area (TPSA) is 71.1 Å². The molecule has 0 atom stereocenters. The maximum Gasteiger partial charge on any atom is 0.217 e. The van der Waals surface area contributed by atoms with Crippen LogP contribution in [-0.2, 0) is 6.61 Å². The average Bonchev–Trinajstić information content (AvgIpc) is 2.82. The number of nitriles is 1. The van der Waals surface area contributed by atoms with Crippen LogP contribution in [0.2, 0.25) is 0 Å². The van der Waals surface area contributed by atoms with Crippen LogP contribution in [0.1, 0.15) is 11.3 Å². The predicted octanol–water partition coefficient (Wildman–Crippen LogP) is 1.24. The van der Waals surface area contributed by atoms with Gasteiger partial charge < -0.3 is 9.84 Å². The van der Waals surface area contributed by atoms with Gasteiger partial charge in [0.1, 0.15) is 6.07 Å². The van der Waals surface area contributed by atoms with Gasteiger partial charge in [-0.3, -0.25) is 0 Å². The first kappa shape index (κ1) is 11.2.